The zero-order valence-electron chi connectivity index (χ0n) is 10.5. The molecular formula is C13H20N2O2. The highest BCUT2D eigenvalue weighted by Gasteiger charge is 2.20. The molecule has 0 radical (unpaired) electrons. The summed E-state index contributed by atoms with van der Waals surface area (Å²) < 4.78 is 5.35. The van der Waals surface area contributed by atoms with E-state index in [1.54, 1.807) is 11.0 Å². The molecule has 1 saturated heterocycles. The second kappa shape index (κ2) is 5.36. The molecule has 1 fully saturated rings. The van der Waals surface area contributed by atoms with Crippen molar-refractivity contribution < 1.29 is 9.21 Å². The number of nitrogens with zero attached hydrogens (tertiary/aromatic N) is 1. The highest BCUT2D eigenvalue weighted by Crippen LogP contribution is 2.14. The van der Waals surface area contributed by atoms with Gasteiger partial charge in [0.15, 0.2) is 5.76 Å². The molecule has 0 spiro atoms. The fraction of sp³-hybridized carbons (Fsp3) is 0.615. The third-order valence-corrected chi connectivity index (χ3v) is 3.23. The minimum absolute atomic E-state index is 0.0244. The van der Waals surface area contributed by atoms with Crippen molar-refractivity contribution in [2.24, 2.45) is 5.92 Å². The predicted octanol–water partition coefficient (Wildman–Crippen LogP) is 1.66. The molecule has 2 heterocycles. The number of rotatable bonds is 3. The maximum Gasteiger partial charge on any atom is 0.289 e. The monoisotopic (exact) mass is 236 g/mol. The van der Waals surface area contributed by atoms with E-state index in [1.807, 2.05) is 20.0 Å². The molecule has 17 heavy (non-hydrogen) atoms. The van der Waals surface area contributed by atoms with Crippen molar-refractivity contribution >= 4 is 5.91 Å². The van der Waals surface area contributed by atoms with Crippen LogP contribution in [0.4, 0.5) is 0 Å². The van der Waals surface area contributed by atoms with Crippen molar-refractivity contribution in [1.82, 2.24) is 10.2 Å². The Hall–Kier alpha value is -1.29. The van der Waals surface area contributed by atoms with Gasteiger partial charge in [0.25, 0.3) is 5.91 Å². The van der Waals surface area contributed by atoms with Gasteiger partial charge in [-0.25, -0.2) is 0 Å². The second-order valence-corrected chi connectivity index (χ2v) is 4.81. The summed E-state index contributed by atoms with van der Waals surface area (Å²) in [7, 11) is 1.84. The lowest BCUT2D eigenvalue weighted by atomic mass is 9.99. The molecule has 1 aliphatic heterocycles. The average molecular weight is 236 g/mol. The number of amides is 1. The summed E-state index contributed by atoms with van der Waals surface area (Å²) >= 11 is 0. The maximum atomic E-state index is 12.0. The van der Waals surface area contributed by atoms with Gasteiger partial charge in [0.1, 0.15) is 5.76 Å². The van der Waals surface area contributed by atoms with Crippen molar-refractivity contribution in [3.63, 3.8) is 0 Å². The van der Waals surface area contributed by atoms with Crippen LogP contribution in [0.3, 0.4) is 0 Å². The van der Waals surface area contributed by atoms with E-state index in [9.17, 15) is 4.79 Å². The molecule has 94 valence electrons. The van der Waals surface area contributed by atoms with Crippen LogP contribution in [0.1, 0.15) is 29.2 Å². The van der Waals surface area contributed by atoms with Crippen molar-refractivity contribution in [2.75, 3.05) is 26.7 Å². The van der Waals surface area contributed by atoms with E-state index in [2.05, 4.69) is 5.32 Å². The Morgan fingerprint density at radius 1 is 1.59 bits per heavy atom. The van der Waals surface area contributed by atoms with Crippen molar-refractivity contribution in [3.05, 3.63) is 23.7 Å². The molecule has 4 nitrogen and oxygen atoms in total. The molecule has 1 aromatic rings. The first-order valence-corrected chi connectivity index (χ1v) is 6.19. The van der Waals surface area contributed by atoms with Gasteiger partial charge in [0.2, 0.25) is 0 Å². The Bertz CT molecular complexity index is 381. The smallest absolute Gasteiger partial charge is 0.289 e. The largest absolute Gasteiger partial charge is 0.456 e. The van der Waals surface area contributed by atoms with Crippen LogP contribution in [-0.4, -0.2) is 37.5 Å². The Morgan fingerprint density at radius 2 is 2.41 bits per heavy atom. The zero-order valence-corrected chi connectivity index (χ0v) is 10.5. The minimum atomic E-state index is -0.0244. The summed E-state index contributed by atoms with van der Waals surface area (Å²) in [5.41, 5.74) is 0. The number of carbonyl (C=O) groups is 1. The molecule has 4 heteroatoms. The molecule has 1 N–H and O–H groups in total. The van der Waals surface area contributed by atoms with Gasteiger partial charge in [-0.1, -0.05) is 0 Å². The first kappa shape index (κ1) is 12.2. The van der Waals surface area contributed by atoms with Crippen LogP contribution in [0.2, 0.25) is 0 Å². The molecule has 2 rings (SSSR count). The van der Waals surface area contributed by atoms with Crippen molar-refractivity contribution in [3.8, 4) is 0 Å². The summed E-state index contributed by atoms with van der Waals surface area (Å²) in [6.45, 7) is 4.76. The van der Waals surface area contributed by atoms with E-state index in [1.165, 1.54) is 12.8 Å². The third-order valence-electron chi connectivity index (χ3n) is 3.23. The number of hydrogen-bond acceptors (Lipinski definition) is 3. The fourth-order valence-electron chi connectivity index (χ4n) is 2.29. The van der Waals surface area contributed by atoms with Crippen LogP contribution in [-0.2, 0) is 0 Å². The normalized spacial score (nSPS) is 20.2. The molecule has 0 aromatic carbocycles. The van der Waals surface area contributed by atoms with Gasteiger partial charge in [0.05, 0.1) is 0 Å². The molecule has 0 bridgehead atoms. The fourth-order valence-corrected chi connectivity index (χ4v) is 2.29. The number of hydrogen-bond donors (Lipinski definition) is 1. The Labute approximate surface area is 102 Å². The molecule has 1 atom stereocenters. The summed E-state index contributed by atoms with van der Waals surface area (Å²) in [5.74, 6) is 1.76. The van der Waals surface area contributed by atoms with Crippen molar-refractivity contribution in [2.45, 2.75) is 19.8 Å². The molecule has 1 amide bonds. The lowest BCUT2D eigenvalue weighted by Crippen LogP contribution is -2.39. The van der Waals surface area contributed by atoms with E-state index in [0.717, 1.165) is 25.4 Å². The number of carbonyl (C=O) groups excluding carboxylic acids is 1. The third kappa shape index (κ3) is 3.09. The Balaban J connectivity index is 1.90. The van der Waals surface area contributed by atoms with Gasteiger partial charge >= 0.3 is 0 Å². The summed E-state index contributed by atoms with van der Waals surface area (Å²) in [5, 5.41) is 3.36. The summed E-state index contributed by atoms with van der Waals surface area (Å²) in [4.78, 5) is 13.8. The second-order valence-electron chi connectivity index (χ2n) is 4.81. The molecule has 1 aromatic heterocycles. The minimum Gasteiger partial charge on any atom is -0.456 e. The topological polar surface area (TPSA) is 45.5 Å². The molecule has 0 saturated carbocycles. The lowest BCUT2D eigenvalue weighted by Gasteiger charge is -2.27. The van der Waals surface area contributed by atoms with Crippen LogP contribution in [0.5, 0.6) is 0 Å². The predicted molar refractivity (Wildman–Crippen MR) is 66.0 cm³/mol. The van der Waals surface area contributed by atoms with Crippen LogP contribution in [0, 0.1) is 12.8 Å². The molecule has 1 aliphatic rings. The van der Waals surface area contributed by atoms with Gasteiger partial charge in [-0.3, -0.25) is 4.79 Å². The average Bonchev–Trinajstić information content (AvgIpc) is 2.76. The molecule has 1 unspecified atom stereocenters. The van der Waals surface area contributed by atoms with Gasteiger partial charge in [-0.05, 0) is 50.9 Å². The van der Waals surface area contributed by atoms with Gasteiger partial charge in [0, 0.05) is 13.6 Å². The van der Waals surface area contributed by atoms with Crippen LogP contribution >= 0.6 is 0 Å². The SMILES string of the molecule is Cc1ccc(C(=O)N(C)CC2CCCNC2)o1. The molecule has 0 aliphatic carbocycles. The summed E-state index contributed by atoms with van der Waals surface area (Å²) in [6, 6.07) is 3.57. The maximum absolute atomic E-state index is 12.0. The number of piperidine rings is 1. The quantitative estimate of drug-likeness (QED) is 0.868. The van der Waals surface area contributed by atoms with Gasteiger partial charge < -0.3 is 14.6 Å². The van der Waals surface area contributed by atoms with E-state index in [-0.39, 0.29) is 5.91 Å². The van der Waals surface area contributed by atoms with E-state index < -0.39 is 0 Å². The first-order valence-electron chi connectivity index (χ1n) is 6.19. The van der Waals surface area contributed by atoms with E-state index in [4.69, 9.17) is 4.42 Å². The zero-order chi connectivity index (χ0) is 12.3. The lowest BCUT2D eigenvalue weighted by molar-refractivity contribution is 0.0732. The van der Waals surface area contributed by atoms with E-state index in [0.29, 0.717) is 11.7 Å². The summed E-state index contributed by atoms with van der Waals surface area (Å²) in [6.07, 6.45) is 2.40. The Kier molecular flexibility index (Phi) is 3.84. The van der Waals surface area contributed by atoms with Crippen LogP contribution < -0.4 is 5.32 Å². The van der Waals surface area contributed by atoms with Crippen LogP contribution in [0.25, 0.3) is 0 Å². The van der Waals surface area contributed by atoms with Gasteiger partial charge in [-0.2, -0.15) is 0 Å². The van der Waals surface area contributed by atoms with Crippen molar-refractivity contribution in [1.29, 1.82) is 0 Å². The molecular weight excluding hydrogens is 216 g/mol. The van der Waals surface area contributed by atoms with Crippen LogP contribution in [0.15, 0.2) is 16.5 Å². The number of nitrogens with one attached hydrogen (secondary N) is 1. The highest BCUT2D eigenvalue weighted by atomic mass is 16.3. The standard InChI is InChI=1S/C13H20N2O2/c1-10-5-6-12(17-10)13(16)15(2)9-11-4-3-7-14-8-11/h5-6,11,14H,3-4,7-9H2,1-2H3. The number of aryl methyl sites for hydroxylation is 1. The van der Waals surface area contributed by atoms with E-state index >= 15 is 0 Å². The Morgan fingerprint density at radius 3 is 3.00 bits per heavy atom. The van der Waals surface area contributed by atoms with Gasteiger partial charge in [-0.15, -0.1) is 0 Å². The first-order chi connectivity index (χ1) is 8.16. The number of furan rings is 1. The highest BCUT2D eigenvalue weighted by molar-refractivity contribution is 5.91.